The second kappa shape index (κ2) is 8.27. The van der Waals surface area contributed by atoms with Gasteiger partial charge in [0.2, 0.25) is 11.8 Å². The standard InChI is InChI=1S/C22H23FN2O2S/c23-18-6-4-16(5-7-18)20-10-8-19(28-20)9-11-21(26)24-12-14-25(15-13-24)22(27)17-2-1-3-17/h4-11,17H,1-3,12-15H2/b11-9+. The van der Waals surface area contributed by atoms with Gasteiger partial charge in [0, 0.05) is 47.9 Å². The van der Waals surface area contributed by atoms with E-state index in [4.69, 9.17) is 0 Å². The number of nitrogens with zero attached hydrogens (tertiary/aromatic N) is 2. The van der Waals surface area contributed by atoms with E-state index in [9.17, 15) is 14.0 Å². The van der Waals surface area contributed by atoms with Gasteiger partial charge in [-0.05, 0) is 48.7 Å². The van der Waals surface area contributed by atoms with Gasteiger partial charge in [0.15, 0.2) is 0 Å². The van der Waals surface area contributed by atoms with Gasteiger partial charge in [0.05, 0.1) is 0 Å². The van der Waals surface area contributed by atoms with Gasteiger partial charge in [-0.25, -0.2) is 4.39 Å². The van der Waals surface area contributed by atoms with Crippen LogP contribution in [0, 0.1) is 11.7 Å². The van der Waals surface area contributed by atoms with Gasteiger partial charge in [-0.15, -0.1) is 11.3 Å². The first kappa shape index (κ1) is 18.9. The fraction of sp³-hybridized carbons (Fsp3) is 0.364. The molecule has 4 rings (SSSR count). The molecular formula is C22H23FN2O2S. The quantitative estimate of drug-likeness (QED) is 0.730. The average Bonchev–Trinajstić information content (AvgIpc) is 3.14. The third kappa shape index (κ3) is 4.17. The van der Waals surface area contributed by atoms with Crippen LogP contribution >= 0.6 is 11.3 Å². The predicted octanol–water partition coefficient (Wildman–Crippen LogP) is 4.04. The van der Waals surface area contributed by atoms with E-state index in [2.05, 4.69) is 0 Å². The number of thiophene rings is 1. The monoisotopic (exact) mass is 398 g/mol. The Hall–Kier alpha value is -2.47. The highest BCUT2D eigenvalue weighted by molar-refractivity contribution is 7.16. The van der Waals surface area contributed by atoms with Crippen LogP contribution in [-0.2, 0) is 9.59 Å². The van der Waals surface area contributed by atoms with Crippen molar-refractivity contribution in [3.8, 4) is 10.4 Å². The SMILES string of the molecule is O=C(/C=C/c1ccc(-c2ccc(F)cc2)s1)N1CCN(C(=O)C2CCC2)CC1. The minimum Gasteiger partial charge on any atom is -0.339 e. The number of piperazine rings is 1. The van der Waals surface area contributed by atoms with E-state index in [0.717, 1.165) is 34.6 Å². The lowest BCUT2D eigenvalue weighted by Gasteiger charge is -2.37. The maximum absolute atomic E-state index is 13.1. The van der Waals surface area contributed by atoms with Crippen LogP contribution in [0.5, 0.6) is 0 Å². The minimum atomic E-state index is -0.250. The first-order valence-electron chi connectivity index (χ1n) is 9.72. The molecule has 2 heterocycles. The first-order valence-corrected chi connectivity index (χ1v) is 10.5. The maximum Gasteiger partial charge on any atom is 0.246 e. The van der Waals surface area contributed by atoms with Crippen LogP contribution in [-0.4, -0.2) is 47.8 Å². The lowest BCUT2D eigenvalue weighted by atomic mass is 9.84. The van der Waals surface area contributed by atoms with Crippen LogP contribution in [0.3, 0.4) is 0 Å². The van der Waals surface area contributed by atoms with Crippen molar-refractivity contribution < 1.29 is 14.0 Å². The molecule has 2 aromatic rings. The summed E-state index contributed by atoms with van der Waals surface area (Å²) in [6.07, 6.45) is 6.61. The van der Waals surface area contributed by atoms with Gasteiger partial charge in [-0.2, -0.15) is 0 Å². The molecule has 0 radical (unpaired) electrons. The maximum atomic E-state index is 13.1. The van der Waals surface area contributed by atoms with Crippen molar-refractivity contribution in [3.63, 3.8) is 0 Å². The van der Waals surface area contributed by atoms with Gasteiger partial charge in [-0.1, -0.05) is 18.6 Å². The summed E-state index contributed by atoms with van der Waals surface area (Å²) in [7, 11) is 0. The highest BCUT2D eigenvalue weighted by atomic mass is 32.1. The second-order valence-electron chi connectivity index (χ2n) is 7.32. The molecular weight excluding hydrogens is 375 g/mol. The Morgan fingerprint density at radius 3 is 2.29 bits per heavy atom. The number of amides is 2. The number of halogens is 1. The molecule has 0 N–H and O–H groups in total. The number of hydrogen-bond donors (Lipinski definition) is 0. The Kier molecular flexibility index (Phi) is 5.57. The smallest absolute Gasteiger partial charge is 0.246 e. The van der Waals surface area contributed by atoms with Crippen molar-refractivity contribution in [1.29, 1.82) is 0 Å². The summed E-state index contributed by atoms with van der Waals surface area (Å²) in [6.45, 7) is 2.44. The molecule has 1 aromatic heterocycles. The van der Waals surface area contributed by atoms with E-state index in [0.29, 0.717) is 26.2 Å². The Morgan fingerprint density at radius 2 is 1.64 bits per heavy atom. The van der Waals surface area contributed by atoms with E-state index in [1.807, 2.05) is 23.1 Å². The summed E-state index contributed by atoms with van der Waals surface area (Å²) in [6, 6.07) is 10.3. The van der Waals surface area contributed by atoms with Crippen LogP contribution in [0.2, 0.25) is 0 Å². The molecule has 0 unspecified atom stereocenters. The summed E-state index contributed by atoms with van der Waals surface area (Å²) in [4.78, 5) is 30.5. The van der Waals surface area contributed by atoms with Crippen LogP contribution in [0.4, 0.5) is 4.39 Å². The van der Waals surface area contributed by atoms with E-state index in [1.54, 1.807) is 34.4 Å². The number of carbonyl (C=O) groups excluding carboxylic acids is 2. The fourth-order valence-electron chi connectivity index (χ4n) is 3.53. The number of hydrogen-bond acceptors (Lipinski definition) is 3. The Labute approximate surface area is 168 Å². The molecule has 146 valence electrons. The van der Waals surface area contributed by atoms with Gasteiger partial charge in [0.1, 0.15) is 5.82 Å². The van der Waals surface area contributed by atoms with Crippen molar-refractivity contribution in [2.24, 2.45) is 5.92 Å². The molecule has 0 bridgehead atoms. The van der Waals surface area contributed by atoms with Crippen LogP contribution in [0.25, 0.3) is 16.5 Å². The molecule has 1 aromatic carbocycles. The molecule has 2 amide bonds. The summed E-state index contributed by atoms with van der Waals surface area (Å²) >= 11 is 1.56. The highest BCUT2D eigenvalue weighted by Gasteiger charge is 2.31. The second-order valence-corrected chi connectivity index (χ2v) is 8.44. The number of carbonyl (C=O) groups is 2. The summed E-state index contributed by atoms with van der Waals surface area (Å²) in [5, 5.41) is 0. The molecule has 2 aliphatic rings. The first-order chi connectivity index (χ1) is 13.6. The van der Waals surface area contributed by atoms with Crippen LogP contribution < -0.4 is 0 Å². The molecule has 0 atom stereocenters. The van der Waals surface area contributed by atoms with Crippen molar-refractivity contribution in [3.05, 3.63) is 53.2 Å². The molecule has 2 fully saturated rings. The Balaban J connectivity index is 1.31. The van der Waals surface area contributed by atoms with Gasteiger partial charge in [-0.3, -0.25) is 9.59 Å². The average molecular weight is 399 g/mol. The van der Waals surface area contributed by atoms with Crippen molar-refractivity contribution in [1.82, 2.24) is 9.80 Å². The number of benzene rings is 1. The molecule has 0 spiro atoms. The zero-order valence-corrected chi connectivity index (χ0v) is 16.5. The Bertz CT molecular complexity index is 878. The number of rotatable bonds is 4. The largest absolute Gasteiger partial charge is 0.339 e. The molecule has 1 aliphatic carbocycles. The van der Waals surface area contributed by atoms with Crippen molar-refractivity contribution in [2.75, 3.05) is 26.2 Å². The molecule has 1 saturated carbocycles. The van der Waals surface area contributed by atoms with Gasteiger partial charge >= 0.3 is 0 Å². The summed E-state index contributed by atoms with van der Waals surface area (Å²) in [5.74, 6) is 0.213. The molecule has 1 saturated heterocycles. The minimum absolute atomic E-state index is 0.0209. The lowest BCUT2D eigenvalue weighted by molar-refractivity contribution is -0.142. The highest BCUT2D eigenvalue weighted by Crippen LogP contribution is 2.30. The zero-order valence-electron chi connectivity index (χ0n) is 15.6. The third-order valence-electron chi connectivity index (χ3n) is 5.50. The fourth-order valence-corrected chi connectivity index (χ4v) is 4.45. The zero-order chi connectivity index (χ0) is 19.5. The van der Waals surface area contributed by atoms with E-state index >= 15 is 0 Å². The van der Waals surface area contributed by atoms with Crippen LogP contribution in [0.15, 0.2) is 42.5 Å². The molecule has 28 heavy (non-hydrogen) atoms. The summed E-state index contributed by atoms with van der Waals surface area (Å²) in [5.41, 5.74) is 0.963. The third-order valence-corrected chi connectivity index (χ3v) is 6.60. The van der Waals surface area contributed by atoms with Crippen LogP contribution in [0.1, 0.15) is 24.1 Å². The molecule has 1 aliphatic heterocycles. The molecule has 6 heteroatoms. The predicted molar refractivity (Wildman–Crippen MR) is 109 cm³/mol. The van der Waals surface area contributed by atoms with E-state index < -0.39 is 0 Å². The van der Waals surface area contributed by atoms with E-state index in [-0.39, 0.29) is 23.5 Å². The van der Waals surface area contributed by atoms with Crippen molar-refractivity contribution >= 4 is 29.2 Å². The molecule has 4 nitrogen and oxygen atoms in total. The van der Waals surface area contributed by atoms with E-state index in [1.165, 1.54) is 12.1 Å². The Morgan fingerprint density at radius 1 is 0.964 bits per heavy atom. The van der Waals surface area contributed by atoms with Gasteiger partial charge < -0.3 is 9.80 Å². The normalized spacial score (nSPS) is 17.8. The lowest BCUT2D eigenvalue weighted by Crippen LogP contribution is -2.52. The topological polar surface area (TPSA) is 40.6 Å². The van der Waals surface area contributed by atoms with Gasteiger partial charge in [0.25, 0.3) is 0 Å². The van der Waals surface area contributed by atoms with Crippen molar-refractivity contribution in [2.45, 2.75) is 19.3 Å². The summed E-state index contributed by atoms with van der Waals surface area (Å²) < 4.78 is 13.1.